The van der Waals surface area contributed by atoms with Gasteiger partial charge in [0.15, 0.2) is 0 Å². The molecule has 3 heteroatoms. The van der Waals surface area contributed by atoms with E-state index < -0.39 is 0 Å². The van der Waals surface area contributed by atoms with E-state index in [1.54, 1.807) is 0 Å². The van der Waals surface area contributed by atoms with Crippen LogP contribution in [-0.2, 0) is 21.1 Å². The predicted molar refractivity (Wildman–Crippen MR) is 221 cm³/mol. The number of hydrogen-bond donors (Lipinski definition) is 0. The number of aryl methyl sites for hydroxylation is 3. The van der Waals surface area contributed by atoms with Crippen molar-refractivity contribution in [2.45, 2.75) is 0 Å². The molecule has 52 heavy (non-hydrogen) atoms. The first kappa shape index (κ1) is 31.4. The molecule has 3 heterocycles. The van der Waals surface area contributed by atoms with E-state index in [4.69, 9.17) is 6.58 Å². The molecule has 0 atom stereocenters. The first-order valence-corrected chi connectivity index (χ1v) is 17.8. The Morgan fingerprint density at radius 1 is 0.385 bits per heavy atom. The average Bonchev–Trinajstić information content (AvgIpc) is 3.79. The number of aromatic nitrogens is 3. The number of para-hydroxylation sites is 3. The molecule has 0 aliphatic carbocycles. The molecule has 250 valence electrons. The summed E-state index contributed by atoms with van der Waals surface area (Å²) in [6.07, 6.45) is 2.37. The number of benzene rings is 6. The standard InChI is InChI=1S/C49H39N3/c1-33(44-37-26-14-17-29-41(37)50(2)47(44)34-20-8-5-9-21-34)32-40(45-38-27-15-18-30-42(38)51(3)48(45)35-22-10-6-11-23-35)46-39-28-16-19-31-43(39)52(4)49(46)36-24-12-7-13-25-36/h5-32H,1H2,2-4H3. The van der Waals surface area contributed by atoms with Crippen LogP contribution in [0.3, 0.4) is 0 Å². The minimum Gasteiger partial charge on any atom is -0.343 e. The molecule has 0 spiro atoms. The number of hydrogen-bond acceptors (Lipinski definition) is 0. The van der Waals surface area contributed by atoms with Gasteiger partial charge in [0.05, 0.1) is 17.1 Å². The van der Waals surface area contributed by atoms with E-state index in [1.807, 2.05) is 0 Å². The lowest BCUT2D eigenvalue weighted by molar-refractivity contribution is 0.974. The van der Waals surface area contributed by atoms with Gasteiger partial charge in [0, 0.05) is 70.5 Å². The van der Waals surface area contributed by atoms with Gasteiger partial charge in [-0.2, -0.15) is 0 Å². The number of fused-ring (bicyclic) bond motifs is 3. The van der Waals surface area contributed by atoms with Gasteiger partial charge in [-0.25, -0.2) is 0 Å². The summed E-state index contributed by atoms with van der Waals surface area (Å²) >= 11 is 0. The molecule has 3 aromatic heterocycles. The minimum atomic E-state index is 0.963. The third-order valence-corrected chi connectivity index (χ3v) is 10.6. The van der Waals surface area contributed by atoms with Crippen LogP contribution in [0.15, 0.2) is 176 Å². The van der Waals surface area contributed by atoms with E-state index >= 15 is 0 Å². The summed E-state index contributed by atoms with van der Waals surface area (Å²) < 4.78 is 7.04. The summed E-state index contributed by atoms with van der Waals surface area (Å²) in [5.41, 5.74) is 16.2. The third-order valence-electron chi connectivity index (χ3n) is 10.6. The van der Waals surface area contributed by atoms with Crippen LogP contribution in [0.25, 0.3) is 77.6 Å². The summed E-state index contributed by atoms with van der Waals surface area (Å²) in [5, 5.41) is 3.60. The Balaban J connectivity index is 1.45. The summed E-state index contributed by atoms with van der Waals surface area (Å²) in [5.74, 6) is 0. The first-order valence-electron chi connectivity index (χ1n) is 17.8. The van der Waals surface area contributed by atoms with Crippen molar-refractivity contribution in [1.82, 2.24) is 13.7 Å². The Labute approximate surface area is 304 Å². The fourth-order valence-corrected chi connectivity index (χ4v) is 8.37. The second-order valence-electron chi connectivity index (χ2n) is 13.6. The molecule has 0 fully saturated rings. The van der Waals surface area contributed by atoms with Crippen LogP contribution in [0.1, 0.15) is 16.7 Å². The fraction of sp³-hybridized carbons (Fsp3) is 0.0612. The van der Waals surface area contributed by atoms with E-state index in [1.165, 1.54) is 66.4 Å². The summed E-state index contributed by atoms with van der Waals surface area (Å²) in [6.45, 7) is 4.94. The van der Waals surface area contributed by atoms with Crippen molar-refractivity contribution in [3.63, 3.8) is 0 Å². The quantitative estimate of drug-likeness (QED) is 0.150. The van der Waals surface area contributed by atoms with Crippen LogP contribution in [0.5, 0.6) is 0 Å². The van der Waals surface area contributed by atoms with Crippen molar-refractivity contribution in [2.24, 2.45) is 21.1 Å². The summed E-state index contributed by atoms with van der Waals surface area (Å²) in [4.78, 5) is 0. The van der Waals surface area contributed by atoms with Crippen LogP contribution < -0.4 is 0 Å². The maximum atomic E-state index is 4.94. The fourth-order valence-electron chi connectivity index (χ4n) is 8.37. The van der Waals surface area contributed by atoms with Crippen molar-refractivity contribution >= 4 is 43.9 Å². The van der Waals surface area contributed by atoms with E-state index in [-0.39, 0.29) is 0 Å². The highest BCUT2D eigenvalue weighted by Crippen LogP contribution is 2.48. The van der Waals surface area contributed by atoms with Gasteiger partial charge in [0.25, 0.3) is 0 Å². The molecule has 3 nitrogen and oxygen atoms in total. The predicted octanol–water partition coefficient (Wildman–Crippen LogP) is 12.3. The van der Waals surface area contributed by atoms with Crippen LogP contribution >= 0.6 is 0 Å². The molecule has 0 aliphatic heterocycles. The second kappa shape index (κ2) is 12.6. The Hall–Kier alpha value is -6.58. The van der Waals surface area contributed by atoms with Gasteiger partial charge in [-0.05, 0) is 52.1 Å². The summed E-state index contributed by atoms with van der Waals surface area (Å²) in [6, 6.07) is 58.6. The molecule has 0 aliphatic rings. The molecule has 0 bridgehead atoms. The van der Waals surface area contributed by atoms with E-state index in [2.05, 4.69) is 205 Å². The van der Waals surface area contributed by atoms with Crippen molar-refractivity contribution in [3.8, 4) is 33.8 Å². The molecule has 0 unspecified atom stereocenters. The Morgan fingerprint density at radius 3 is 1.04 bits per heavy atom. The van der Waals surface area contributed by atoms with E-state index in [9.17, 15) is 0 Å². The van der Waals surface area contributed by atoms with Gasteiger partial charge in [-0.3, -0.25) is 0 Å². The smallest absolute Gasteiger partial charge is 0.0568 e. The molecule has 0 N–H and O–H groups in total. The second-order valence-corrected chi connectivity index (χ2v) is 13.6. The maximum absolute atomic E-state index is 4.94. The highest BCUT2D eigenvalue weighted by Gasteiger charge is 2.28. The molecule has 0 saturated heterocycles. The van der Waals surface area contributed by atoms with Gasteiger partial charge in [0.1, 0.15) is 0 Å². The highest BCUT2D eigenvalue weighted by molar-refractivity contribution is 6.14. The lowest BCUT2D eigenvalue weighted by atomic mass is 9.87. The van der Waals surface area contributed by atoms with Crippen molar-refractivity contribution in [3.05, 3.63) is 193 Å². The largest absolute Gasteiger partial charge is 0.343 e. The SMILES string of the molecule is C=C(C=C(c1c(-c2ccccc2)n(C)c2ccccc12)c1c(-c2ccccc2)n(C)c2ccccc12)c1c(-c2ccccc2)n(C)c2ccccc12. The summed E-state index contributed by atoms with van der Waals surface area (Å²) in [7, 11) is 6.56. The zero-order chi connectivity index (χ0) is 35.3. The van der Waals surface area contributed by atoms with Crippen molar-refractivity contribution in [2.75, 3.05) is 0 Å². The molecular weight excluding hydrogens is 631 g/mol. The van der Waals surface area contributed by atoms with E-state index in [0.717, 1.165) is 28.0 Å². The van der Waals surface area contributed by atoms with Gasteiger partial charge >= 0.3 is 0 Å². The van der Waals surface area contributed by atoms with Crippen molar-refractivity contribution < 1.29 is 0 Å². The highest BCUT2D eigenvalue weighted by atomic mass is 15.0. The Morgan fingerprint density at radius 2 is 0.673 bits per heavy atom. The minimum absolute atomic E-state index is 0.963. The lowest BCUT2D eigenvalue weighted by Gasteiger charge is -2.17. The Kier molecular flexibility index (Phi) is 7.63. The van der Waals surface area contributed by atoms with Gasteiger partial charge in [-0.1, -0.05) is 152 Å². The van der Waals surface area contributed by atoms with Crippen LogP contribution in [-0.4, -0.2) is 13.7 Å². The molecule has 0 saturated carbocycles. The first-order chi connectivity index (χ1) is 25.5. The zero-order valence-electron chi connectivity index (χ0n) is 29.7. The van der Waals surface area contributed by atoms with Crippen LogP contribution in [0.4, 0.5) is 0 Å². The van der Waals surface area contributed by atoms with Crippen LogP contribution in [0, 0.1) is 0 Å². The number of allylic oxidation sites excluding steroid dienone is 2. The normalized spacial score (nSPS) is 11.4. The van der Waals surface area contributed by atoms with Crippen LogP contribution in [0.2, 0.25) is 0 Å². The molecule has 0 radical (unpaired) electrons. The maximum Gasteiger partial charge on any atom is 0.0568 e. The molecule has 9 rings (SSSR count). The monoisotopic (exact) mass is 669 g/mol. The lowest BCUT2D eigenvalue weighted by Crippen LogP contribution is -1.99. The molecule has 9 aromatic rings. The molecular formula is C49H39N3. The van der Waals surface area contributed by atoms with Gasteiger partial charge in [0.2, 0.25) is 0 Å². The topological polar surface area (TPSA) is 14.8 Å². The number of nitrogens with zero attached hydrogens (tertiary/aromatic N) is 3. The number of rotatable bonds is 7. The average molecular weight is 670 g/mol. The third kappa shape index (κ3) is 4.89. The molecule has 0 amide bonds. The van der Waals surface area contributed by atoms with E-state index in [0.29, 0.717) is 0 Å². The van der Waals surface area contributed by atoms with Gasteiger partial charge in [-0.15, -0.1) is 0 Å². The zero-order valence-corrected chi connectivity index (χ0v) is 29.7. The van der Waals surface area contributed by atoms with Crippen molar-refractivity contribution in [1.29, 1.82) is 0 Å². The molecule has 6 aromatic carbocycles. The van der Waals surface area contributed by atoms with Gasteiger partial charge < -0.3 is 13.7 Å². The Bertz CT molecular complexity index is 2680.